The second kappa shape index (κ2) is 34.1. The molecule has 300 valence electrons. The van der Waals surface area contributed by atoms with Gasteiger partial charge in [0, 0.05) is 25.7 Å². The Bertz CT molecular complexity index is 1590. The van der Waals surface area contributed by atoms with Gasteiger partial charge in [0.15, 0.2) is 0 Å². The molecule has 8 heteroatoms. The highest BCUT2D eigenvalue weighted by Crippen LogP contribution is 2.15. The molecule has 56 heavy (non-hydrogen) atoms. The number of cyclic esters (lactones) is 2. The van der Waals surface area contributed by atoms with Crippen molar-refractivity contribution in [2.24, 2.45) is 0 Å². The molecule has 0 bridgehead atoms. The van der Waals surface area contributed by atoms with Crippen molar-refractivity contribution in [2.45, 2.75) is 130 Å². The predicted molar refractivity (Wildman–Crippen MR) is 222 cm³/mol. The molecular formula is C48H60O8. The normalized spacial score (nSPS) is 12.7. The average Bonchev–Trinajstić information content (AvgIpc) is 3.22. The van der Waals surface area contributed by atoms with Gasteiger partial charge >= 0.3 is 23.9 Å². The summed E-state index contributed by atoms with van der Waals surface area (Å²) in [4.78, 5) is 49.0. The number of ether oxygens (including phenoxy) is 4. The molecule has 0 N–H and O–H groups in total. The molecule has 0 radical (unpaired) electrons. The fourth-order valence-electron chi connectivity index (χ4n) is 5.04. The van der Waals surface area contributed by atoms with Crippen molar-refractivity contribution >= 4 is 23.9 Å². The van der Waals surface area contributed by atoms with Crippen LogP contribution in [0.25, 0.3) is 0 Å². The third-order valence-corrected chi connectivity index (χ3v) is 8.18. The fourth-order valence-corrected chi connectivity index (χ4v) is 5.04. The molecule has 0 atom stereocenters. The largest absolute Gasteiger partial charge is 0.462 e. The number of rotatable bonds is 12. The second-order valence-corrected chi connectivity index (χ2v) is 12.6. The molecule has 2 aromatic rings. The van der Waals surface area contributed by atoms with Crippen LogP contribution in [0, 0.1) is 47.4 Å². The third kappa shape index (κ3) is 23.4. The second-order valence-electron chi connectivity index (χ2n) is 12.6. The van der Waals surface area contributed by atoms with Crippen molar-refractivity contribution in [1.82, 2.24) is 0 Å². The van der Waals surface area contributed by atoms with E-state index in [-0.39, 0.29) is 22.3 Å². The Morgan fingerprint density at radius 2 is 0.964 bits per heavy atom. The Balaban J connectivity index is 0.000000515. The van der Waals surface area contributed by atoms with E-state index in [1.165, 1.54) is 0 Å². The minimum atomic E-state index is -0.487. The molecule has 1 aliphatic rings. The molecular weight excluding hydrogens is 705 g/mol. The maximum atomic E-state index is 12.3. The first-order valence-electron chi connectivity index (χ1n) is 19.9. The molecule has 0 saturated heterocycles. The van der Waals surface area contributed by atoms with E-state index in [0.29, 0.717) is 26.4 Å². The van der Waals surface area contributed by atoms with Crippen molar-refractivity contribution in [3.8, 4) is 47.4 Å². The van der Waals surface area contributed by atoms with E-state index >= 15 is 0 Å². The van der Waals surface area contributed by atoms with Crippen LogP contribution in [0.1, 0.15) is 172 Å². The van der Waals surface area contributed by atoms with Gasteiger partial charge in [0.1, 0.15) is 0 Å². The van der Waals surface area contributed by atoms with Crippen LogP contribution in [0.5, 0.6) is 0 Å². The van der Waals surface area contributed by atoms with E-state index < -0.39 is 23.9 Å². The minimum Gasteiger partial charge on any atom is -0.462 e. The van der Waals surface area contributed by atoms with Crippen LogP contribution in [-0.2, 0) is 18.9 Å². The molecule has 0 aliphatic carbocycles. The van der Waals surface area contributed by atoms with E-state index in [0.717, 1.165) is 103 Å². The number of hydrogen-bond donors (Lipinski definition) is 0. The van der Waals surface area contributed by atoms with Crippen molar-refractivity contribution in [3.05, 3.63) is 70.8 Å². The lowest BCUT2D eigenvalue weighted by atomic mass is 10.1. The number of benzene rings is 2. The monoisotopic (exact) mass is 764 g/mol. The maximum absolute atomic E-state index is 12.3. The summed E-state index contributed by atoms with van der Waals surface area (Å²) in [5.41, 5.74) is 1.05. The molecule has 0 saturated carbocycles. The first-order valence-corrected chi connectivity index (χ1v) is 19.9. The Hall–Kier alpha value is -5.44. The smallest absolute Gasteiger partial charge is 0.339 e. The molecule has 3 rings (SSSR count). The molecule has 1 aliphatic heterocycles. The zero-order valence-corrected chi connectivity index (χ0v) is 34.0. The number of carbonyl (C=O) groups excluding carboxylic acids is 4. The Morgan fingerprint density at radius 1 is 0.554 bits per heavy atom. The van der Waals surface area contributed by atoms with Gasteiger partial charge in [0.2, 0.25) is 0 Å². The van der Waals surface area contributed by atoms with Gasteiger partial charge in [-0.25, -0.2) is 19.2 Å². The van der Waals surface area contributed by atoms with Crippen molar-refractivity contribution in [1.29, 1.82) is 0 Å². The Morgan fingerprint density at radius 3 is 1.36 bits per heavy atom. The molecule has 0 fully saturated rings. The van der Waals surface area contributed by atoms with Crippen LogP contribution in [0.15, 0.2) is 48.5 Å². The lowest BCUT2D eigenvalue weighted by Gasteiger charge is -2.10. The summed E-state index contributed by atoms with van der Waals surface area (Å²) in [6, 6.07) is 13.3. The van der Waals surface area contributed by atoms with Gasteiger partial charge in [0.05, 0.1) is 48.7 Å². The minimum absolute atomic E-state index is 0.252. The average molecular weight is 765 g/mol. The summed E-state index contributed by atoms with van der Waals surface area (Å²) >= 11 is 0. The van der Waals surface area contributed by atoms with Crippen molar-refractivity contribution in [3.63, 3.8) is 0 Å². The molecule has 0 spiro atoms. The third-order valence-electron chi connectivity index (χ3n) is 8.18. The number of fused-ring (bicyclic) bond motifs is 1. The first kappa shape index (κ1) is 48.6. The van der Waals surface area contributed by atoms with Crippen LogP contribution in [0.3, 0.4) is 0 Å². The lowest BCUT2D eigenvalue weighted by molar-refractivity contribution is 0.0450. The van der Waals surface area contributed by atoms with Gasteiger partial charge in [-0.2, -0.15) is 0 Å². The summed E-state index contributed by atoms with van der Waals surface area (Å²) in [7, 11) is 0. The zero-order valence-electron chi connectivity index (χ0n) is 34.0. The molecule has 2 aromatic carbocycles. The summed E-state index contributed by atoms with van der Waals surface area (Å²) in [5.74, 6) is 21.5. The van der Waals surface area contributed by atoms with Gasteiger partial charge in [-0.05, 0) is 129 Å². The molecule has 0 unspecified atom stereocenters. The van der Waals surface area contributed by atoms with E-state index in [1.54, 1.807) is 48.5 Å². The quantitative estimate of drug-likeness (QED) is 0.0910. The number of unbranched alkanes of at least 4 members (excludes halogenated alkanes) is 6. The SMILES string of the molecule is CC#CC.CC#CCCCCCOC(=O)c1ccccc1C(=O)OCCCCCC#CC.O=C1OCCCCCC#CCCCCCOC(=O)c2ccccc21. The highest BCUT2D eigenvalue weighted by Gasteiger charge is 2.20. The lowest BCUT2D eigenvalue weighted by Crippen LogP contribution is -2.15. The van der Waals surface area contributed by atoms with Crippen LogP contribution in [0.4, 0.5) is 0 Å². The summed E-state index contributed by atoms with van der Waals surface area (Å²) in [6.45, 7) is 8.68. The van der Waals surface area contributed by atoms with Gasteiger partial charge in [-0.1, -0.05) is 24.3 Å². The van der Waals surface area contributed by atoms with Crippen molar-refractivity contribution < 1.29 is 38.1 Å². The first-order chi connectivity index (χ1) is 27.4. The van der Waals surface area contributed by atoms with Crippen LogP contribution in [-0.4, -0.2) is 50.3 Å². The van der Waals surface area contributed by atoms with E-state index in [9.17, 15) is 19.2 Å². The fraction of sp³-hybridized carbons (Fsp3) is 0.500. The number of esters is 4. The Kier molecular flexibility index (Phi) is 29.6. The maximum Gasteiger partial charge on any atom is 0.339 e. The van der Waals surface area contributed by atoms with Crippen LogP contribution >= 0.6 is 0 Å². The summed E-state index contributed by atoms with van der Waals surface area (Å²) < 4.78 is 21.2. The van der Waals surface area contributed by atoms with Gasteiger partial charge in [-0.15, -0.1) is 47.4 Å². The number of carbonyl (C=O) groups is 4. The topological polar surface area (TPSA) is 105 Å². The highest BCUT2D eigenvalue weighted by molar-refractivity contribution is 6.03. The highest BCUT2D eigenvalue weighted by atomic mass is 16.5. The summed E-state index contributed by atoms with van der Waals surface area (Å²) in [6.07, 6.45) is 14.6. The zero-order chi connectivity index (χ0) is 40.9. The van der Waals surface area contributed by atoms with Crippen molar-refractivity contribution in [2.75, 3.05) is 26.4 Å². The molecule has 1 heterocycles. The van der Waals surface area contributed by atoms with E-state index in [2.05, 4.69) is 47.4 Å². The standard InChI is InChI=1S/C24H30O4.C20H24O4.C4H6/c1-3-5-7-9-11-15-19-27-23(25)21-17-13-14-18-22(21)24(26)28-20-16-12-10-8-6-4-2;21-19-17-13-9-10-14-18(17)20(22)24-16-12-8-6-4-2-1-3-5-7-11-15-23-19;1-3-4-2/h13-14,17-18H,7-12,15-16,19-20H2,1-2H3;9-10,13-14H,3-8,11-12,15-16H2;1-2H3. The molecule has 8 nitrogen and oxygen atoms in total. The van der Waals surface area contributed by atoms with Gasteiger partial charge in [0.25, 0.3) is 0 Å². The molecule has 0 aromatic heterocycles. The van der Waals surface area contributed by atoms with Crippen LogP contribution < -0.4 is 0 Å². The van der Waals surface area contributed by atoms with E-state index in [1.807, 2.05) is 27.7 Å². The summed E-state index contributed by atoms with van der Waals surface area (Å²) in [5, 5.41) is 0. The van der Waals surface area contributed by atoms with Gasteiger partial charge in [-0.3, -0.25) is 0 Å². The Labute approximate surface area is 336 Å². The predicted octanol–water partition coefficient (Wildman–Crippen LogP) is 10.3. The molecule has 0 amide bonds. The number of hydrogen-bond acceptors (Lipinski definition) is 8. The van der Waals surface area contributed by atoms with Crippen LogP contribution in [0.2, 0.25) is 0 Å². The van der Waals surface area contributed by atoms with E-state index in [4.69, 9.17) is 18.9 Å². The van der Waals surface area contributed by atoms with Gasteiger partial charge < -0.3 is 18.9 Å².